The van der Waals surface area contributed by atoms with Crippen molar-refractivity contribution in [1.82, 2.24) is 9.62 Å². The number of hydrogen-bond donors (Lipinski definition) is 3. The van der Waals surface area contributed by atoms with Crippen LogP contribution in [0.25, 0.3) is 0 Å². The van der Waals surface area contributed by atoms with E-state index >= 15 is 0 Å². The van der Waals surface area contributed by atoms with Gasteiger partial charge < -0.3 is 15.6 Å². The lowest BCUT2D eigenvalue weighted by Crippen LogP contribution is -2.42. The van der Waals surface area contributed by atoms with E-state index in [1.54, 1.807) is 11.9 Å². The van der Waals surface area contributed by atoms with Crippen molar-refractivity contribution in [2.45, 2.75) is 32.1 Å². The van der Waals surface area contributed by atoms with E-state index in [4.69, 9.17) is 5.41 Å². The molecule has 0 bridgehead atoms. The summed E-state index contributed by atoms with van der Waals surface area (Å²) >= 11 is 2.99. The Morgan fingerprint density at radius 1 is 1.41 bits per heavy atom. The van der Waals surface area contributed by atoms with Gasteiger partial charge in [0, 0.05) is 48.1 Å². The molecule has 0 aliphatic carbocycles. The van der Waals surface area contributed by atoms with Gasteiger partial charge in [-0.05, 0) is 19.1 Å². The van der Waals surface area contributed by atoms with Crippen LogP contribution in [0, 0.1) is 17.0 Å². The number of halogens is 2. The summed E-state index contributed by atoms with van der Waals surface area (Å²) in [6.45, 7) is 7.59. The summed E-state index contributed by atoms with van der Waals surface area (Å²) in [5.74, 6) is -1.29. The van der Waals surface area contributed by atoms with E-state index < -0.39 is 17.5 Å². The second-order valence-corrected chi connectivity index (χ2v) is 8.88. The van der Waals surface area contributed by atoms with Crippen LogP contribution >= 0.6 is 23.7 Å². The van der Waals surface area contributed by atoms with Crippen LogP contribution in [0.5, 0.6) is 0 Å². The molecule has 9 heteroatoms. The summed E-state index contributed by atoms with van der Waals surface area (Å²) in [5, 5.41) is 10.8. The first-order valence-electron chi connectivity index (χ1n) is 8.62. The van der Waals surface area contributed by atoms with Gasteiger partial charge in [0.1, 0.15) is 11.6 Å². The minimum atomic E-state index is -0.758. The molecule has 0 radical (unpaired) electrons. The molecule has 2 rings (SSSR count). The van der Waals surface area contributed by atoms with Crippen molar-refractivity contribution < 1.29 is 13.6 Å². The highest BCUT2D eigenvalue weighted by Crippen LogP contribution is 2.31. The number of nitrogens with one attached hydrogen (secondary N) is 3. The number of carbonyl (C=O) groups is 1. The number of allylic oxidation sites excluding steroid dienone is 1. The minimum Gasteiger partial charge on any atom is -0.364 e. The van der Waals surface area contributed by atoms with Gasteiger partial charge in [0.2, 0.25) is 0 Å². The number of rotatable bonds is 8. The SMILES string of the molecule is CC(C)SNCCN1C(C=N)=C(C(=O)Nc2cc(F)cc(F)c2)SCC1C. The maximum absolute atomic E-state index is 13.3. The van der Waals surface area contributed by atoms with Gasteiger partial charge in [0.05, 0.1) is 10.6 Å². The number of amides is 1. The quantitative estimate of drug-likeness (QED) is 0.343. The first-order valence-corrected chi connectivity index (χ1v) is 10.5. The summed E-state index contributed by atoms with van der Waals surface area (Å²) in [7, 11) is 0. The summed E-state index contributed by atoms with van der Waals surface area (Å²) in [5.41, 5.74) is 0.569. The molecule has 0 saturated heterocycles. The van der Waals surface area contributed by atoms with Crippen molar-refractivity contribution in [3.63, 3.8) is 0 Å². The highest BCUT2D eigenvalue weighted by molar-refractivity contribution is 8.04. The Morgan fingerprint density at radius 3 is 2.67 bits per heavy atom. The fraction of sp³-hybridized carbons (Fsp3) is 0.444. The fourth-order valence-electron chi connectivity index (χ4n) is 2.61. The molecule has 1 aromatic carbocycles. The zero-order valence-corrected chi connectivity index (χ0v) is 17.1. The first-order chi connectivity index (χ1) is 12.8. The summed E-state index contributed by atoms with van der Waals surface area (Å²) < 4.78 is 30.0. The highest BCUT2D eigenvalue weighted by Gasteiger charge is 2.28. The normalized spacial score (nSPS) is 17.4. The second-order valence-electron chi connectivity index (χ2n) is 6.39. The lowest BCUT2D eigenvalue weighted by molar-refractivity contribution is -0.112. The molecular formula is C18H24F2N4OS2. The molecule has 1 aliphatic heterocycles. The van der Waals surface area contributed by atoms with Crippen molar-refractivity contribution in [1.29, 1.82) is 5.41 Å². The van der Waals surface area contributed by atoms with Crippen molar-refractivity contribution in [3.8, 4) is 0 Å². The predicted octanol–water partition coefficient (Wildman–Crippen LogP) is 3.85. The van der Waals surface area contributed by atoms with Crippen LogP contribution in [0.4, 0.5) is 14.5 Å². The molecule has 3 N–H and O–H groups in total. The van der Waals surface area contributed by atoms with Crippen LogP contribution in [-0.2, 0) is 4.79 Å². The molecule has 1 atom stereocenters. The topological polar surface area (TPSA) is 68.2 Å². The standard InChI is InChI=1S/C18H24F2N4OS2/c1-11(2)27-22-4-5-24-12(3)10-26-17(16(24)9-21)18(25)23-15-7-13(19)6-14(20)8-15/h6-9,11-12,21-22H,4-5,10H2,1-3H3,(H,23,25). The smallest absolute Gasteiger partial charge is 0.264 e. The summed E-state index contributed by atoms with van der Waals surface area (Å²) in [6, 6.07) is 3.04. The second kappa shape index (κ2) is 10.1. The number of thioether (sulfide) groups is 1. The Kier molecular flexibility index (Phi) is 8.12. The Labute approximate surface area is 167 Å². The lowest BCUT2D eigenvalue weighted by Gasteiger charge is -2.36. The first kappa shape index (κ1) is 21.7. The molecule has 1 aliphatic rings. The van der Waals surface area contributed by atoms with E-state index in [1.807, 2.05) is 11.8 Å². The maximum Gasteiger partial charge on any atom is 0.264 e. The van der Waals surface area contributed by atoms with Gasteiger partial charge in [-0.3, -0.25) is 9.52 Å². The van der Waals surface area contributed by atoms with Crippen molar-refractivity contribution >= 4 is 41.5 Å². The Hall–Kier alpha value is -1.58. The van der Waals surface area contributed by atoms with Crippen LogP contribution < -0.4 is 10.0 Å². The third kappa shape index (κ3) is 6.22. The minimum absolute atomic E-state index is 0.0510. The predicted molar refractivity (Wildman–Crippen MR) is 110 cm³/mol. The largest absolute Gasteiger partial charge is 0.364 e. The average Bonchev–Trinajstić information content (AvgIpc) is 2.58. The van der Waals surface area contributed by atoms with E-state index in [0.29, 0.717) is 34.7 Å². The van der Waals surface area contributed by atoms with Crippen molar-refractivity contribution in [3.05, 3.63) is 40.4 Å². The lowest BCUT2D eigenvalue weighted by atomic mass is 10.2. The molecular weight excluding hydrogens is 390 g/mol. The molecule has 0 spiro atoms. The molecule has 0 aromatic heterocycles. The molecule has 0 fully saturated rings. The van der Waals surface area contributed by atoms with Gasteiger partial charge in [-0.25, -0.2) is 8.78 Å². The molecule has 27 heavy (non-hydrogen) atoms. The number of anilines is 1. The summed E-state index contributed by atoms with van der Waals surface area (Å²) in [4.78, 5) is 15.0. The van der Waals surface area contributed by atoms with E-state index in [9.17, 15) is 13.6 Å². The number of carbonyl (C=O) groups excluding carboxylic acids is 1. The van der Waals surface area contributed by atoms with Crippen molar-refractivity contribution in [2.75, 3.05) is 24.2 Å². The van der Waals surface area contributed by atoms with Crippen LogP contribution in [0.15, 0.2) is 28.8 Å². The van der Waals surface area contributed by atoms with Gasteiger partial charge in [-0.1, -0.05) is 25.8 Å². The van der Waals surface area contributed by atoms with E-state index in [-0.39, 0.29) is 11.7 Å². The van der Waals surface area contributed by atoms with E-state index in [1.165, 1.54) is 18.0 Å². The van der Waals surface area contributed by atoms with Crippen LogP contribution in [-0.4, -0.2) is 47.2 Å². The van der Waals surface area contributed by atoms with Crippen molar-refractivity contribution in [2.24, 2.45) is 0 Å². The van der Waals surface area contributed by atoms with Gasteiger partial charge in [-0.2, -0.15) is 0 Å². The Balaban J connectivity index is 2.14. The van der Waals surface area contributed by atoms with Gasteiger partial charge in [0.25, 0.3) is 5.91 Å². The molecule has 1 unspecified atom stereocenters. The monoisotopic (exact) mass is 414 g/mol. The molecule has 1 heterocycles. The van der Waals surface area contributed by atoms with Gasteiger partial charge in [0.15, 0.2) is 0 Å². The Bertz CT molecular complexity index is 707. The third-order valence-electron chi connectivity index (χ3n) is 3.78. The number of benzene rings is 1. The molecule has 1 amide bonds. The average molecular weight is 415 g/mol. The van der Waals surface area contributed by atoms with Gasteiger partial charge in [-0.15, -0.1) is 11.8 Å². The number of nitrogens with zero attached hydrogens (tertiary/aromatic N) is 1. The zero-order chi connectivity index (χ0) is 20.0. The fourth-order valence-corrected chi connectivity index (χ4v) is 4.25. The van der Waals surface area contributed by atoms with Crippen LogP contribution in [0.1, 0.15) is 20.8 Å². The van der Waals surface area contributed by atoms with E-state index in [2.05, 4.69) is 23.9 Å². The van der Waals surface area contributed by atoms with Crippen LogP contribution in [0.3, 0.4) is 0 Å². The zero-order valence-electron chi connectivity index (χ0n) is 15.5. The highest BCUT2D eigenvalue weighted by atomic mass is 32.2. The third-order valence-corrected chi connectivity index (χ3v) is 5.95. The molecule has 0 saturated carbocycles. The van der Waals surface area contributed by atoms with E-state index in [0.717, 1.165) is 18.2 Å². The molecule has 148 valence electrons. The summed E-state index contributed by atoms with van der Waals surface area (Å²) in [6.07, 6.45) is 1.17. The maximum atomic E-state index is 13.3. The molecule has 5 nitrogen and oxygen atoms in total. The number of hydrogen-bond acceptors (Lipinski definition) is 6. The Morgan fingerprint density at radius 2 is 2.07 bits per heavy atom. The molecule has 1 aromatic rings. The van der Waals surface area contributed by atoms with Gasteiger partial charge >= 0.3 is 0 Å². The van der Waals surface area contributed by atoms with Crippen LogP contribution in [0.2, 0.25) is 0 Å².